The molecule has 0 atom stereocenters. The van der Waals surface area contributed by atoms with Crippen LogP contribution in [0, 0.1) is 5.41 Å². The average Bonchev–Trinajstić information content (AvgIpc) is 2.84. The van der Waals surface area contributed by atoms with Crippen molar-refractivity contribution >= 4 is 10.0 Å². The Bertz CT molecular complexity index is 517. The van der Waals surface area contributed by atoms with Gasteiger partial charge >= 0.3 is 0 Å². The fraction of sp³-hybridized carbons (Fsp3) is 0.571. The van der Waals surface area contributed by atoms with Gasteiger partial charge in [-0.1, -0.05) is 31.9 Å². The molecule has 4 nitrogen and oxygen atoms in total. The minimum Gasteiger partial charge on any atom is -0.326 e. The first-order valence-electron chi connectivity index (χ1n) is 6.74. The van der Waals surface area contributed by atoms with Gasteiger partial charge in [0.1, 0.15) is 0 Å². The summed E-state index contributed by atoms with van der Waals surface area (Å²) in [6, 6.07) is 6.74. The van der Waals surface area contributed by atoms with E-state index in [1.54, 1.807) is 24.3 Å². The van der Waals surface area contributed by atoms with Crippen LogP contribution in [0.5, 0.6) is 0 Å². The molecular formula is C14H22N2O2S. The van der Waals surface area contributed by atoms with Crippen molar-refractivity contribution in [1.29, 1.82) is 0 Å². The molecule has 0 radical (unpaired) electrons. The molecule has 0 heterocycles. The predicted octanol–water partition coefficient (Wildman–Crippen LogP) is 2.00. The summed E-state index contributed by atoms with van der Waals surface area (Å²) in [7, 11) is -3.40. The van der Waals surface area contributed by atoms with E-state index in [2.05, 4.69) is 11.6 Å². The van der Waals surface area contributed by atoms with Gasteiger partial charge < -0.3 is 5.73 Å². The molecule has 0 unspecified atom stereocenters. The maximum absolute atomic E-state index is 12.2. The van der Waals surface area contributed by atoms with E-state index in [0.717, 1.165) is 18.4 Å². The minimum absolute atomic E-state index is 0.115. The highest BCUT2D eigenvalue weighted by Gasteiger charge is 2.30. The van der Waals surface area contributed by atoms with E-state index < -0.39 is 10.0 Å². The lowest BCUT2D eigenvalue weighted by Crippen LogP contribution is -2.34. The van der Waals surface area contributed by atoms with Crippen LogP contribution in [0.3, 0.4) is 0 Å². The summed E-state index contributed by atoms with van der Waals surface area (Å²) in [5.74, 6) is 0. The van der Waals surface area contributed by atoms with Crippen LogP contribution >= 0.6 is 0 Å². The monoisotopic (exact) mass is 282 g/mol. The molecule has 1 aromatic rings. The van der Waals surface area contributed by atoms with Gasteiger partial charge in [0, 0.05) is 13.1 Å². The van der Waals surface area contributed by atoms with E-state index in [1.165, 1.54) is 12.8 Å². The first-order chi connectivity index (χ1) is 8.95. The van der Waals surface area contributed by atoms with Gasteiger partial charge in [-0.3, -0.25) is 0 Å². The second-order valence-corrected chi connectivity index (χ2v) is 7.46. The summed E-state index contributed by atoms with van der Waals surface area (Å²) >= 11 is 0. The molecule has 0 amide bonds. The number of nitrogens with two attached hydrogens (primary N) is 1. The molecule has 0 aliphatic heterocycles. The zero-order chi connectivity index (χ0) is 13.9. The summed E-state index contributed by atoms with van der Waals surface area (Å²) in [4.78, 5) is 0.311. The highest BCUT2D eigenvalue weighted by Crippen LogP contribution is 2.36. The van der Waals surface area contributed by atoms with E-state index in [9.17, 15) is 8.42 Å². The second kappa shape index (κ2) is 5.61. The molecule has 1 fully saturated rings. The highest BCUT2D eigenvalue weighted by atomic mass is 32.2. The van der Waals surface area contributed by atoms with E-state index in [4.69, 9.17) is 5.73 Å². The Morgan fingerprint density at radius 2 is 1.79 bits per heavy atom. The first kappa shape index (κ1) is 14.5. The van der Waals surface area contributed by atoms with Gasteiger partial charge in [0.2, 0.25) is 10.0 Å². The van der Waals surface area contributed by atoms with Gasteiger partial charge in [0.05, 0.1) is 4.90 Å². The fourth-order valence-electron chi connectivity index (χ4n) is 2.56. The average molecular weight is 282 g/mol. The quantitative estimate of drug-likeness (QED) is 0.867. The summed E-state index contributed by atoms with van der Waals surface area (Å²) < 4.78 is 27.1. The third-order valence-electron chi connectivity index (χ3n) is 3.97. The Hall–Kier alpha value is -0.910. The molecule has 0 aromatic heterocycles. The maximum Gasteiger partial charge on any atom is 0.240 e. The molecule has 106 valence electrons. The molecular weight excluding hydrogens is 260 g/mol. The van der Waals surface area contributed by atoms with Crippen molar-refractivity contribution in [1.82, 2.24) is 4.72 Å². The van der Waals surface area contributed by atoms with Crippen molar-refractivity contribution in [2.45, 2.75) is 44.0 Å². The van der Waals surface area contributed by atoms with Crippen LogP contribution in [0.4, 0.5) is 0 Å². The van der Waals surface area contributed by atoms with E-state index in [-0.39, 0.29) is 5.41 Å². The lowest BCUT2D eigenvalue weighted by Gasteiger charge is -2.23. The van der Waals surface area contributed by atoms with Crippen LogP contribution in [-0.4, -0.2) is 15.0 Å². The van der Waals surface area contributed by atoms with E-state index in [0.29, 0.717) is 18.0 Å². The molecule has 1 saturated carbocycles. The number of sulfonamides is 1. The lowest BCUT2D eigenvalue weighted by molar-refractivity contribution is 0.336. The van der Waals surface area contributed by atoms with Crippen LogP contribution in [0.2, 0.25) is 0 Å². The summed E-state index contributed by atoms with van der Waals surface area (Å²) in [6.07, 6.45) is 4.59. The Balaban J connectivity index is 2.05. The molecule has 0 saturated heterocycles. The van der Waals surface area contributed by atoms with Gasteiger partial charge in [-0.05, 0) is 36.0 Å². The van der Waals surface area contributed by atoms with Crippen LogP contribution in [0.15, 0.2) is 29.2 Å². The van der Waals surface area contributed by atoms with Gasteiger partial charge in [0.25, 0.3) is 0 Å². The number of hydrogen-bond acceptors (Lipinski definition) is 3. The molecule has 5 heteroatoms. The first-order valence-corrected chi connectivity index (χ1v) is 8.22. The number of benzene rings is 1. The standard InChI is InChI=1S/C14H22N2O2S/c1-14(8-2-3-9-14)11-16-19(17,18)13-6-4-12(10-15)5-7-13/h4-7,16H,2-3,8-11,15H2,1H3. The van der Waals surface area contributed by atoms with Crippen molar-refractivity contribution in [2.75, 3.05) is 6.54 Å². The molecule has 19 heavy (non-hydrogen) atoms. The fourth-order valence-corrected chi connectivity index (χ4v) is 3.76. The summed E-state index contributed by atoms with van der Waals surface area (Å²) in [5.41, 5.74) is 6.55. The number of hydrogen-bond donors (Lipinski definition) is 2. The smallest absolute Gasteiger partial charge is 0.240 e. The predicted molar refractivity (Wildman–Crippen MR) is 76.1 cm³/mol. The van der Waals surface area contributed by atoms with Crippen molar-refractivity contribution in [3.8, 4) is 0 Å². The molecule has 1 aliphatic rings. The summed E-state index contributed by atoms with van der Waals surface area (Å²) in [6.45, 7) is 3.10. The second-order valence-electron chi connectivity index (χ2n) is 5.69. The molecule has 1 aromatic carbocycles. The topological polar surface area (TPSA) is 72.2 Å². The number of nitrogens with one attached hydrogen (secondary N) is 1. The maximum atomic E-state index is 12.2. The lowest BCUT2D eigenvalue weighted by atomic mass is 9.89. The minimum atomic E-state index is -3.40. The molecule has 3 N–H and O–H groups in total. The van der Waals surface area contributed by atoms with E-state index >= 15 is 0 Å². The van der Waals surface area contributed by atoms with Crippen molar-refractivity contribution < 1.29 is 8.42 Å². The number of rotatable bonds is 5. The van der Waals surface area contributed by atoms with Gasteiger partial charge in [-0.25, -0.2) is 13.1 Å². The van der Waals surface area contributed by atoms with E-state index in [1.807, 2.05) is 0 Å². The van der Waals surface area contributed by atoms with Gasteiger partial charge in [-0.2, -0.15) is 0 Å². The summed E-state index contributed by atoms with van der Waals surface area (Å²) in [5, 5.41) is 0. The van der Waals surface area contributed by atoms with Crippen molar-refractivity contribution in [2.24, 2.45) is 11.1 Å². The Labute approximate surface area is 115 Å². The Kier molecular flexibility index (Phi) is 4.28. The molecule has 0 bridgehead atoms. The van der Waals surface area contributed by atoms with Crippen LogP contribution < -0.4 is 10.5 Å². The van der Waals surface area contributed by atoms with Crippen LogP contribution in [-0.2, 0) is 16.6 Å². The highest BCUT2D eigenvalue weighted by molar-refractivity contribution is 7.89. The van der Waals surface area contributed by atoms with Gasteiger partial charge in [0.15, 0.2) is 0 Å². The third kappa shape index (κ3) is 3.55. The molecule has 1 aliphatic carbocycles. The van der Waals surface area contributed by atoms with Crippen molar-refractivity contribution in [3.05, 3.63) is 29.8 Å². The third-order valence-corrected chi connectivity index (χ3v) is 5.39. The van der Waals surface area contributed by atoms with Crippen LogP contribution in [0.1, 0.15) is 38.2 Å². The van der Waals surface area contributed by atoms with Crippen molar-refractivity contribution in [3.63, 3.8) is 0 Å². The van der Waals surface area contributed by atoms with Gasteiger partial charge in [-0.15, -0.1) is 0 Å². The van der Waals surface area contributed by atoms with Crippen LogP contribution in [0.25, 0.3) is 0 Å². The molecule has 0 spiro atoms. The zero-order valence-corrected chi connectivity index (χ0v) is 12.2. The Morgan fingerprint density at radius 3 is 2.32 bits per heavy atom. The normalized spacial score (nSPS) is 18.6. The Morgan fingerprint density at radius 1 is 1.21 bits per heavy atom. The SMILES string of the molecule is CC1(CNS(=O)(=O)c2ccc(CN)cc2)CCCC1. The largest absolute Gasteiger partial charge is 0.326 e. The zero-order valence-electron chi connectivity index (χ0n) is 11.4. The molecule has 2 rings (SSSR count).